The predicted octanol–water partition coefficient (Wildman–Crippen LogP) is 4.49. The van der Waals surface area contributed by atoms with E-state index in [9.17, 15) is 0 Å². The van der Waals surface area contributed by atoms with Crippen LogP contribution in [0.1, 0.15) is 23.3 Å². The monoisotopic (exact) mass is 374 g/mol. The van der Waals surface area contributed by atoms with Gasteiger partial charge in [0.2, 0.25) is 5.89 Å². The minimum atomic E-state index is -0.197. The van der Waals surface area contributed by atoms with Gasteiger partial charge in [-0.2, -0.15) is 0 Å². The average molecular weight is 374 g/mol. The van der Waals surface area contributed by atoms with Crippen LogP contribution >= 0.6 is 0 Å². The molecule has 6 nitrogen and oxygen atoms in total. The second-order valence-corrected chi connectivity index (χ2v) is 6.58. The van der Waals surface area contributed by atoms with Crippen molar-refractivity contribution in [1.29, 1.82) is 0 Å². The van der Waals surface area contributed by atoms with Crippen LogP contribution in [0.3, 0.4) is 0 Å². The van der Waals surface area contributed by atoms with Gasteiger partial charge in [0.15, 0.2) is 11.7 Å². The van der Waals surface area contributed by atoms with Crippen molar-refractivity contribution >= 4 is 11.1 Å². The van der Waals surface area contributed by atoms with Crippen LogP contribution in [0.2, 0.25) is 0 Å². The summed E-state index contributed by atoms with van der Waals surface area (Å²) in [7, 11) is 1.61. The summed E-state index contributed by atoms with van der Waals surface area (Å²) >= 11 is 0. The molecule has 1 atom stereocenters. The molecule has 0 unspecified atom stereocenters. The lowest BCUT2D eigenvalue weighted by atomic mass is 10.1. The first-order valence-electron chi connectivity index (χ1n) is 9.05. The van der Waals surface area contributed by atoms with E-state index in [0.29, 0.717) is 23.8 Å². The van der Waals surface area contributed by atoms with E-state index in [2.05, 4.69) is 16.0 Å². The van der Waals surface area contributed by atoms with Crippen LogP contribution in [0.4, 0.5) is 0 Å². The van der Waals surface area contributed by atoms with E-state index in [1.54, 1.807) is 13.3 Å². The molecule has 140 valence electrons. The van der Waals surface area contributed by atoms with Crippen LogP contribution in [0.25, 0.3) is 11.1 Å². The van der Waals surface area contributed by atoms with E-state index in [1.807, 2.05) is 48.5 Å². The number of pyridine rings is 1. The van der Waals surface area contributed by atoms with E-state index >= 15 is 0 Å². The third-order valence-corrected chi connectivity index (χ3v) is 4.72. The topological polar surface area (TPSA) is 66.6 Å². The zero-order valence-electron chi connectivity index (χ0n) is 15.3. The van der Waals surface area contributed by atoms with Crippen molar-refractivity contribution in [2.45, 2.75) is 19.1 Å². The fourth-order valence-corrected chi connectivity index (χ4v) is 3.25. The SMILES string of the molecule is COc1ccc(COc2ccc3oc([C@@H]4Cc5ccccc5O4)nc3c2)nc1. The largest absolute Gasteiger partial charge is 0.495 e. The Morgan fingerprint density at radius 2 is 1.96 bits per heavy atom. The van der Waals surface area contributed by atoms with Crippen LogP contribution in [0.5, 0.6) is 17.2 Å². The highest BCUT2D eigenvalue weighted by Gasteiger charge is 2.28. The molecule has 0 N–H and O–H groups in total. The van der Waals surface area contributed by atoms with Crippen LogP contribution in [-0.2, 0) is 13.0 Å². The highest BCUT2D eigenvalue weighted by atomic mass is 16.5. The summed E-state index contributed by atoms with van der Waals surface area (Å²) < 4.78 is 22.8. The Bertz CT molecular complexity index is 1100. The number of hydrogen-bond acceptors (Lipinski definition) is 6. The zero-order valence-corrected chi connectivity index (χ0v) is 15.3. The molecule has 2 aromatic heterocycles. The Kier molecular flexibility index (Phi) is 4.09. The maximum absolute atomic E-state index is 5.97. The number of methoxy groups -OCH3 is 1. The van der Waals surface area contributed by atoms with Crippen molar-refractivity contribution in [2.75, 3.05) is 7.11 Å². The number of rotatable bonds is 5. The van der Waals surface area contributed by atoms with Gasteiger partial charge in [-0.15, -0.1) is 0 Å². The first-order valence-corrected chi connectivity index (χ1v) is 9.05. The van der Waals surface area contributed by atoms with Crippen LogP contribution in [0, 0.1) is 0 Å². The van der Waals surface area contributed by atoms with Crippen LogP contribution in [0.15, 0.2) is 65.2 Å². The number of oxazole rings is 1. The summed E-state index contributed by atoms with van der Waals surface area (Å²) in [5, 5.41) is 0. The number of nitrogens with zero attached hydrogens (tertiary/aromatic N) is 2. The summed E-state index contributed by atoms with van der Waals surface area (Å²) in [5.74, 6) is 2.91. The lowest BCUT2D eigenvalue weighted by Gasteiger charge is -2.06. The van der Waals surface area contributed by atoms with Crippen LogP contribution in [-0.4, -0.2) is 17.1 Å². The van der Waals surface area contributed by atoms with Crippen molar-refractivity contribution in [3.63, 3.8) is 0 Å². The van der Waals surface area contributed by atoms with Gasteiger partial charge in [-0.3, -0.25) is 4.98 Å². The second-order valence-electron chi connectivity index (χ2n) is 6.58. The van der Waals surface area contributed by atoms with Crippen molar-refractivity contribution < 1.29 is 18.6 Å². The van der Waals surface area contributed by atoms with Crippen molar-refractivity contribution in [1.82, 2.24) is 9.97 Å². The molecular weight excluding hydrogens is 356 g/mol. The summed E-state index contributed by atoms with van der Waals surface area (Å²) in [6, 6.07) is 17.4. The first-order chi connectivity index (χ1) is 13.8. The van der Waals surface area contributed by atoms with Crippen molar-refractivity contribution in [3.05, 3.63) is 77.9 Å². The number of hydrogen-bond donors (Lipinski definition) is 0. The predicted molar refractivity (Wildman–Crippen MR) is 103 cm³/mol. The average Bonchev–Trinajstić information content (AvgIpc) is 3.36. The molecule has 0 fully saturated rings. The lowest BCUT2D eigenvalue weighted by Crippen LogP contribution is -2.03. The summed E-state index contributed by atoms with van der Waals surface area (Å²) in [6.45, 7) is 0.362. The van der Waals surface area contributed by atoms with Gasteiger partial charge < -0.3 is 18.6 Å². The molecule has 1 aliphatic rings. The molecule has 0 bridgehead atoms. The number of benzene rings is 2. The van der Waals surface area contributed by atoms with E-state index in [-0.39, 0.29) is 6.10 Å². The second kappa shape index (κ2) is 6.88. The molecule has 4 aromatic rings. The van der Waals surface area contributed by atoms with Crippen molar-refractivity contribution in [2.24, 2.45) is 0 Å². The molecule has 6 heteroatoms. The summed E-state index contributed by atoms with van der Waals surface area (Å²) in [6.07, 6.45) is 2.23. The molecule has 0 saturated carbocycles. The summed E-state index contributed by atoms with van der Waals surface area (Å²) in [4.78, 5) is 8.91. The standard InChI is InChI=1S/C22H18N2O4/c1-25-17-7-6-15(23-12-17)13-26-16-8-9-20-18(11-16)24-22(28-20)21-10-14-4-2-3-5-19(14)27-21/h2-9,11-12,21H,10,13H2,1H3/t21-/m0/s1. The molecule has 1 aliphatic heterocycles. The number of aromatic nitrogens is 2. The molecule has 0 saturated heterocycles. The molecule has 0 radical (unpaired) electrons. The molecule has 0 amide bonds. The maximum Gasteiger partial charge on any atom is 0.237 e. The molecule has 28 heavy (non-hydrogen) atoms. The van der Waals surface area contributed by atoms with E-state index < -0.39 is 0 Å². The Labute approximate surface area is 161 Å². The molecular formula is C22H18N2O4. The fraction of sp³-hybridized carbons (Fsp3) is 0.182. The molecule has 3 heterocycles. The van der Waals surface area contributed by atoms with Gasteiger partial charge in [0, 0.05) is 12.5 Å². The van der Waals surface area contributed by atoms with Gasteiger partial charge in [-0.05, 0) is 35.9 Å². The zero-order chi connectivity index (χ0) is 18.9. The third kappa shape index (κ3) is 3.13. The Morgan fingerprint density at radius 3 is 2.79 bits per heavy atom. The van der Waals surface area contributed by atoms with Gasteiger partial charge in [0.25, 0.3) is 0 Å². The number of fused-ring (bicyclic) bond motifs is 2. The van der Waals surface area contributed by atoms with Crippen LogP contribution < -0.4 is 14.2 Å². The fourth-order valence-electron chi connectivity index (χ4n) is 3.25. The normalized spacial score (nSPS) is 15.2. The Morgan fingerprint density at radius 1 is 1.07 bits per heavy atom. The van der Waals surface area contributed by atoms with Gasteiger partial charge in [-0.1, -0.05) is 18.2 Å². The maximum atomic E-state index is 5.97. The quantitative estimate of drug-likeness (QED) is 0.513. The van der Waals surface area contributed by atoms with E-state index in [0.717, 1.165) is 29.1 Å². The van der Waals surface area contributed by atoms with E-state index in [1.165, 1.54) is 5.56 Å². The lowest BCUT2D eigenvalue weighted by molar-refractivity contribution is 0.201. The van der Waals surface area contributed by atoms with E-state index in [4.69, 9.17) is 18.6 Å². The minimum absolute atomic E-state index is 0.197. The minimum Gasteiger partial charge on any atom is -0.495 e. The van der Waals surface area contributed by atoms with Crippen molar-refractivity contribution in [3.8, 4) is 17.2 Å². The Balaban J connectivity index is 1.31. The Hall–Kier alpha value is -3.54. The molecule has 2 aromatic carbocycles. The molecule has 0 spiro atoms. The van der Waals surface area contributed by atoms with Gasteiger partial charge in [-0.25, -0.2) is 4.98 Å². The van der Waals surface area contributed by atoms with Gasteiger partial charge in [0.05, 0.1) is 19.0 Å². The molecule has 0 aliphatic carbocycles. The first kappa shape index (κ1) is 16.6. The molecule has 5 rings (SSSR count). The van der Waals surface area contributed by atoms with Gasteiger partial charge in [0.1, 0.15) is 29.4 Å². The number of ether oxygens (including phenoxy) is 3. The smallest absolute Gasteiger partial charge is 0.237 e. The highest BCUT2D eigenvalue weighted by molar-refractivity contribution is 5.74. The van der Waals surface area contributed by atoms with Gasteiger partial charge >= 0.3 is 0 Å². The summed E-state index contributed by atoms with van der Waals surface area (Å²) in [5.41, 5.74) is 3.45. The highest BCUT2D eigenvalue weighted by Crippen LogP contribution is 2.37. The number of para-hydroxylation sites is 1. The third-order valence-electron chi connectivity index (χ3n) is 4.72.